The first-order valence-electron chi connectivity index (χ1n) is 6.99. The van der Waals surface area contributed by atoms with Gasteiger partial charge in [0.15, 0.2) is 0 Å². The lowest BCUT2D eigenvalue weighted by Crippen LogP contribution is -2.35. The molecule has 1 saturated carbocycles. The van der Waals surface area contributed by atoms with Crippen molar-refractivity contribution in [2.75, 3.05) is 13.7 Å². The van der Waals surface area contributed by atoms with E-state index in [1.165, 1.54) is 11.1 Å². The number of hydrogen-bond acceptors (Lipinski definition) is 2. The normalized spacial score (nSPS) is 14.7. The van der Waals surface area contributed by atoms with Crippen molar-refractivity contribution in [3.8, 4) is 0 Å². The van der Waals surface area contributed by atoms with Crippen molar-refractivity contribution >= 4 is 5.91 Å². The Hall–Kier alpha value is -1.35. The predicted octanol–water partition coefficient (Wildman–Crippen LogP) is 2.95. The summed E-state index contributed by atoms with van der Waals surface area (Å²) in [6.45, 7) is 5.26. The number of benzene rings is 1. The number of rotatable bonds is 6. The van der Waals surface area contributed by atoms with Gasteiger partial charge in [-0.15, -0.1) is 0 Å². The summed E-state index contributed by atoms with van der Waals surface area (Å²) in [4.78, 5) is 14.0. The largest absolute Gasteiger partial charge is 0.375 e. The van der Waals surface area contributed by atoms with Crippen LogP contribution >= 0.6 is 0 Å². The zero-order valence-electron chi connectivity index (χ0n) is 12.1. The van der Waals surface area contributed by atoms with Crippen molar-refractivity contribution in [1.82, 2.24) is 4.90 Å². The second-order valence-corrected chi connectivity index (χ2v) is 5.58. The minimum Gasteiger partial charge on any atom is -0.375 e. The number of hydrogen-bond donors (Lipinski definition) is 0. The summed E-state index contributed by atoms with van der Waals surface area (Å²) >= 11 is 0. The van der Waals surface area contributed by atoms with E-state index in [9.17, 15) is 4.79 Å². The Morgan fingerprint density at radius 1 is 1.32 bits per heavy atom. The van der Waals surface area contributed by atoms with Crippen LogP contribution in [0.25, 0.3) is 0 Å². The Morgan fingerprint density at radius 2 is 1.95 bits per heavy atom. The van der Waals surface area contributed by atoms with E-state index in [0.717, 1.165) is 12.8 Å². The van der Waals surface area contributed by atoms with Crippen LogP contribution in [0.5, 0.6) is 0 Å². The minimum atomic E-state index is 0.0953. The van der Waals surface area contributed by atoms with Crippen LogP contribution < -0.4 is 0 Å². The highest BCUT2D eigenvalue weighted by Crippen LogP contribution is 2.28. The maximum absolute atomic E-state index is 12.0. The van der Waals surface area contributed by atoms with Crippen LogP contribution in [0.4, 0.5) is 0 Å². The predicted molar refractivity (Wildman–Crippen MR) is 76.0 cm³/mol. The SMILES string of the molecule is COCC(=O)N(Cc1ccc(C(C)C)cc1)C1CC1. The van der Waals surface area contributed by atoms with Crippen molar-refractivity contribution in [2.45, 2.75) is 45.2 Å². The molecule has 3 nitrogen and oxygen atoms in total. The quantitative estimate of drug-likeness (QED) is 0.788. The average molecular weight is 261 g/mol. The Labute approximate surface area is 115 Å². The first-order chi connectivity index (χ1) is 9.11. The van der Waals surface area contributed by atoms with Crippen LogP contribution in [0.1, 0.15) is 43.7 Å². The summed E-state index contributed by atoms with van der Waals surface area (Å²) in [5.41, 5.74) is 2.53. The van der Waals surface area contributed by atoms with E-state index in [1.807, 2.05) is 4.90 Å². The van der Waals surface area contributed by atoms with Gasteiger partial charge < -0.3 is 9.64 Å². The van der Waals surface area contributed by atoms with E-state index in [4.69, 9.17) is 4.74 Å². The topological polar surface area (TPSA) is 29.5 Å². The minimum absolute atomic E-state index is 0.0953. The Kier molecular flexibility index (Phi) is 4.59. The van der Waals surface area contributed by atoms with Crippen LogP contribution in [0.15, 0.2) is 24.3 Å². The third-order valence-corrected chi connectivity index (χ3v) is 3.58. The molecule has 0 heterocycles. The van der Waals surface area contributed by atoms with Crippen LogP contribution in [0.2, 0.25) is 0 Å². The molecule has 0 saturated heterocycles. The zero-order chi connectivity index (χ0) is 13.8. The fraction of sp³-hybridized carbons (Fsp3) is 0.562. The molecule has 1 aromatic carbocycles. The van der Waals surface area contributed by atoms with E-state index in [-0.39, 0.29) is 12.5 Å². The summed E-state index contributed by atoms with van der Waals surface area (Å²) in [6.07, 6.45) is 2.25. The second kappa shape index (κ2) is 6.20. The molecule has 0 atom stereocenters. The van der Waals surface area contributed by atoms with Crippen molar-refractivity contribution in [3.05, 3.63) is 35.4 Å². The van der Waals surface area contributed by atoms with Crippen LogP contribution in [0, 0.1) is 0 Å². The molecular formula is C16H23NO2. The van der Waals surface area contributed by atoms with Crippen LogP contribution in [0.3, 0.4) is 0 Å². The molecule has 2 rings (SSSR count). The number of carbonyl (C=O) groups excluding carboxylic acids is 1. The van der Waals surface area contributed by atoms with Crippen molar-refractivity contribution in [2.24, 2.45) is 0 Å². The van der Waals surface area contributed by atoms with Gasteiger partial charge in [0.2, 0.25) is 5.91 Å². The molecule has 0 aliphatic heterocycles. The molecule has 19 heavy (non-hydrogen) atoms. The highest BCUT2D eigenvalue weighted by Gasteiger charge is 2.32. The summed E-state index contributed by atoms with van der Waals surface area (Å²) in [7, 11) is 1.57. The highest BCUT2D eigenvalue weighted by molar-refractivity contribution is 5.78. The monoisotopic (exact) mass is 261 g/mol. The van der Waals surface area contributed by atoms with Gasteiger partial charge >= 0.3 is 0 Å². The van der Waals surface area contributed by atoms with Gasteiger partial charge in [0.1, 0.15) is 6.61 Å². The van der Waals surface area contributed by atoms with Gasteiger partial charge in [0.05, 0.1) is 0 Å². The summed E-state index contributed by atoms with van der Waals surface area (Å²) in [6, 6.07) is 9.00. The lowest BCUT2D eigenvalue weighted by molar-refractivity contribution is -0.136. The molecule has 0 bridgehead atoms. The van der Waals surface area contributed by atoms with Crippen molar-refractivity contribution in [3.63, 3.8) is 0 Å². The standard InChI is InChI=1S/C16H23NO2/c1-12(2)14-6-4-13(5-7-14)10-17(15-8-9-15)16(18)11-19-3/h4-7,12,15H,8-11H2,1-3H3. The lowest BCUT2D eigenvalue weighted by Gasteiger charge is -2.22. The molecule has 1 fully saturated rings. The molecule has 0 unspecified atom stereocenters. The fourth-order valence-corrected chi connectivity index (χ4v) is 2.22. The van der Waals surface area contributed by atoms with E-state index in [0.29, 0.717) is 18.5 Å². The third kappa shape index (κ3) is 3.80. The maximum atomic E-state index is 12.0. The molecule has 104 valence electrons. The summed E-state index contributed by atoms with van der Waals surface area (Å²) in [5, 5.41) is 0. The zero-order valence-corrected chi connectivity index (χ0v) is 12.1. The van der Waals surface area contributed by atoms with Crippen molar-refractivity contribution < 1.29 is 9.53 Å². The van der Waals surface area contributed by atoms with Gasteiger partial charge in [0.25, 0.3) is 0 Å². The molecular weight excluding hydrogens is 238 g/mol. The Balaban J connectivity index is 2.02. The van der Waals surface area contributed by atoms with Gasteiger partial charge in [-0.2, -0.15) is 0 Å². The molecule has 1 aliphatic rings. The molecule has 3 heteroatoms. The van der Waals surface area contributed by atoms with Crippen LogP contribution in [-0.4, -0.2) is 30.6 Å². The first-order valence-corrected chi connectivity index (χ1v) is 6.99. The number of nitrogens with zero attached hydrogens (tertiary/aromatic N) is 1. The molecule has 1 aromatic rings. The molecule has 1 aliphatic carbocycles. The van der Waals surface area contributed by atoms with Gasteiger partial charge in [0, 0.05) is 19.7 Å². The molecule has 1 amide bonds. The number of carbonyl (C=O) groups is 1. The number of ether oxygens (including phenoxy) is 1. The second-order valence-electron chi connectivity index (χ2n) is 5.58. The average Bonchev–Trinajstić information content (AvgIpc) is 3.21. The van der Waals surface area contributed by atoms with E-state index >= 15 is 0 Å². The molecule has 0 spiro atoms. The Morgan fingerprint density at radius 3 is 2.42 bits per heavy atom. The molecule has 0 radical (unpaired) electrons. The van der Waals surface area contributed by atoms with Crippen molar-refractivity contribution in [1.29, 1.82) is 0 Å². The fourth-order valence-electron chi connectivity index (χ4n) is 2.22. The molecule has 0 aromatic heterocycles. The van der Waals surface area contributed by atoms with Gasteiger partial charge in [-0.05, 0) is 29.9 Å². The lowest BCUT2D eigenvalue weighted by atomic mass is 10.0. The van der Waals surface area contributed by atoms with Gasteiger partial charge in [-0.25, -0.2) is 0 Å². The van der Waals surface area contributed by atoms with Crippen LogP contribution in [-0.2, 0) is 16.1 Å². The van der Waals surface area contributed by atoms with E-state index in [1.54, 1.807) is 7.11 Å². The first kappa shape index (κ1) is 14.1. The van der Waals surface area contributed by atoms with E-state index < -0.39 is 0 Å². The number of amides is 1. The Bertz CT molecular complexity index is 421. The molecule has 0 N–H and O–H groups in total. The maximum Gasteiger partial charge on any atom is 0.249 e. The summed E-state index contributed by atoms with van der Waals surface area (Å²) < 4.78 is 4.96. The third-order valence-electron chi connectivity index (χ3n) is 3.58. The smallest absolute Gasteiger partial charge is 0.249 e. The number of methoxy groups -OCH3 is 1. The van der Waals surface area contributed by atoms with Gasteiger partial charge in [-0.3, -0.25) is 4.79 Å². The highest BCUT2D eigenvalue weighted by atomic mass is 16.5. The van der Waals surface area contributed by atoms with Gasteiger partial charge in [-0.1, -0.05) is 38.1 Å². The van der Waals surface area contributed by atoms with E-state index in [2.05, 4.69) is 38.1 Å². The summed E-state index contributed by atoms with van der Waals surface area (Å²) in [5.74, 6) is 0.640.